The van der Waals surface area contributed by atoms with Crippen LogP contribution < -0.4 is 0 Å². The molecule has 2 heteroatoms. The molecule has 0 heterocycles. The molecule has 0 aromatic heterocycles. The van der Waals surface area contributed by atoms with Crippen LogP contribution in [0.4, 0.5) is 0 Å². The second kappa shape index (κ2) is 3.43. The van der Waals surface area contributed by atoms with E-state index in [9.17, 15) is 0 Å². The molecule has 0 spiro atoms. The van der Waals surface area contributed by atoms with Gasteiger partial charge < -0.3 is 4.74 Å². The van der Waals surface area contributed by atoms with Crippen LogP contribution in [-0.4, -0.2) is 7.11 Å². The van der Waals surface area contributed by atoms with Crippen LogP contribution in [0.25, 0.3) is 0 Å². The van der Waals surface area contributed by atoms with Gasteiger partial charge in [-0.2, -0.15) is 0 Å². The Bertz CT molecular complexity index is 299. The summed E-state index contributed by atoms with van der Waals surface area (Å²) in [4.78, 5) is 0. The van der Waals surface area contributed by atoms with Crippen molar-refractivity contribution in [1.82, 2.24) is 0 Å². The standard InChI is InChI=1S/C11H13BrO/c1-13-11(7-4-8-11)9-5-2-3-6-10(9)12/h2-3,5-6H,4,7-8H2,1H3. The highest BCUT2D eigenvalue weighted by molar-refractivity contribution is 9.10. The number of halogens is 1. The molecule has 1 aromatic carbocycles. The van der Waals surface area contributed by atoms with E-state index in [4.69, 9.17) is 4.74 Å². The van der Waals surface area contributed by atoms with Gasteiger partial charge in [-0.05, 0) is 30.9 Å². The zero-order valence-corrected chi connectivity index (χ0v) is 9.30. The number of methoxy groups -OCH3 is 1. The van der Waals surface area contributed by atoms with Crippen LogP contribution in [-0.2, 0) is 10.3 Å². The third-order valence-corrected chi connectivity index (χ3v) is 3.61. The Kier molecular flexibility index (Phi) is 2.43. The second-order valence-corrected chi connectivity index (χ2v) is 4.39. The van der Waals surface area contributed by atoms with Crippen molar-refractivity contribution >= 4 is 15.9 Å². The first-order valence-electron chi connectivity index (χ1n) is 4.59. The first-order valence-corrected chi connectivity index (χ1v) is 5.38. The molecule has 0 N–H and O–H groups in total. The third kappa shape index (κ3) is 1.42. The van der Waals surface area contributed by atoms with Crippen molar-refractivity contribution in [3.05, 3.63) is 34.3 Å². The number of hydrogen-bond acceptors (Lipinski definition) is 1. The normalized spacial score (nSPS) is 19.5. The van der Waals surface area contributed by atoms with E-state index < -0.39 is 0 Å². The number of ether oxygens (including phenoxy) is 1. The van der Waals surface area contributed by atoms with Crippen molar-refractivity contribution in [3.8, 4) is 0 Å². The first kappa shape index (κ1) is 9.22. The SMILES string of the molecule is COC1(c2ccccc2Br)CCC1. The van der Waals surface area contributed by atoms with Crippen molar-refractivity contribution in [2.45, 2.75) is 24.9 Å². The maximum atomic E-state index is 5.61. The predicted molar refractivity (Wildman–Crippen MR) is 56.7 cm³/mol. The summed E-state index contributed by atoms with van der Waals surface area (Å²) in [5.74, 6) is 0. The summed E-state index contributed by atoms with van der Waals surface area (Å²) in [5, 5.41) is 0. The van der Waals surface area contributed by atoms with E-state index in [-0.39, 0.29) is 5.60 Å². The lowest BCUT2D eigenvalue weighted by atomic mass is 9.75. The lowest BCUT2D eigenvalue weighted by Crippen LogP contribution is -2.36. The molecule has 1 nitrogen and oxygen atoms in total. The highest BCUT2D eigenvalue weighted by atomic mass is 79.9. The van der Waals surface area contributed by atoms with Crippen LogP contribution in [0.5, 0.6) is 0 Å². The summed E-state index contributed by atoms with van der Waals surface area (Å²) in [5.41, 5.74) is 1.30. The molecular weight excluding hydrogens is 228 g/mol. The molecule has 1 aromatic rings. The van der Waals surface area contributed by atoms with Crippen LogP contribution in [0, 0.1) is 0 Å². The number of benzene rings is 1. The molecular formula is C11H13BrO. The molecule has 0 amide bonds. The molecule has 70 valence electrons. The maximum absolute atomic E-state index is 5.61. The third-order valence-electron chi connectivity index (χ3n) is 2.92. The predicted octanol–water partition coefficient (Wildman–Crippen LogP) is 3.47. The van der Waals surface area contributed by atoms with Gasteiger partial charge in [0.1, 0.15) is 0 Å². The van der Waals surface area contributed by atoms with Crippen LogP contribution in [0.1, 0.15) is 24.8 Å². The van der Waals surface area contributed by atoms with Gasteiger partial charge in [0.15, 0.2) is 0 Å². The lowest BCUT2D eigenvalue weighted by Gasteiger charge is -2.41. The molecule has 0 aliphatic heterocycles. The van der Waals surface area contributed by atoms with E-state index in [1.54, 1.807) is 7.11 Å². The average Bonchev–Trinajstić information content (AvgIpc) is 2.07. The Morgan fingerprint density at radius 3 is 2.46 bits per heavy atom. The molecule has 2 rings (SSSR count). The van der Waals surface area contributed by atoms with Crippen LogP contribution in [0.3, 0.4) is 0 Å². The monoisotopic (exact) mass is 240 g/mol. The molecule has 1 fully saturated rings. The molecule has 1 aliphatic carbocycles. The fraction of sp³-hybridized carbons (Fsp3) is 0.455. The Morgan fingerprint density at radius 1 is 1.31 bits per heavy atom. The fourth-order valence-electron chi connectivity index (χ4n) is 1.91. The fourth-order valence-corrected chi connectivity index (χ4v) is 2.56. The summed E-state index contributed by atoms with van der Waals surface area (Å²) >= 11 is 3.57. The van der Waals surface area contributed by atoms with Crippen molar-refractivity contribution in [1.29, 1.82) is 0 Å². The minimum Gasteiger partial charge on any atom is -0.373 e. The van der Waals surface area contributed by atoms with E-state index in [0.717, 1.165) is 17.3 Å². The van der Waals surface area contributed by atoms with Gasteiger partial charge in [0, 0.05) is 11.6 Å². The van der Waals surface area contributed by atoms with Crippen LogP contribution >= 0.6 is 15.9 Å². The van der Waals surface area contributed by atoms with E-state index in [2.05, 4.69) is 34.1 Å². The average molecular weight is 241 g/mol. The summed E-state index contributed by atoms with van der Waals surface area (Å²) < 4.78 is 6.77. The molecule has 0 atom stereocenters. The maximum Gasteiger partial charge on any atom is 0.0938 e. The Morgan fingerprint density at radius 2 is 2.00 bits per heavy atom. The largest absolute Gasteiger partial charge is 0.373 e. The van der Waals surface area contributed by atoms with Gasteiger partial charge in [0.2, 0.25) is 0 Å². The first-order chi connectivity index (χ1) is 6.28. The van der Waals surface area contributed by atoms with Gasteiger partial charge in [-0.15, -0.1) is 0 Å². The van der Waals surface area contributed by atoms with E-state index in [1.807, 2.05) is 6.07 Å². The molecule has 0 bridgehead atoms. The molecule has 0 saturated heterocycles. The van der Waals surface area contributed by atoms with E-state index in [1.165, 1.54) is 12.0 Å². The zero-order valence-electron chi connectivity index (χ0n) is 7.72. The smallest absolute Gasteiger partial charge is 0.0938 e. The molecule has 1 saturated carbocycles. The van der Waals surface area contributed by atoms with Crippen molar-refractivity contribution in [2.75, 3.05) is 7.11 Å². The summed E-state index contributed by atoms with van der Waals surface area (Å²) in [6.45, 7) is 0. The Balaban J connectivity index is 2.38. The Hall–Kier alpha value is -0.340. The zero-order chi connectivity index (χ0) is 9.31. The van der Waals surface area contributed by atoms with Gasteiger partial charge in [0.05, 0.1) is 5.60 Å². The molecule has 0 unspecified atom stereocenters. The molecule has 0 radical (unpaired) electrons. The van der Waals surface area contributed by atoms with Crippen molar-refractivity contribution in [2.24, 2.45) is 0 Å². The van der Waals surface area contributed by atoms with Crippen molar-refractivity contribution < 1.29 is 4.74 Å². The quantitative estimate of drug-likeness (QED) is 0.770. The summed E-state index contributed by atoms with van der Waals surface area (Å²) in [6.07, 6.45) is 3.56. The van der Waals surface area contributed by atoms with Gasteiger partial charge in [-0.3, -0.25) is 0 Å². The number of rotatable bonds is 2. The van der Waals surface area contributed by atoms with Gasteiger partial charge in [-0.1, -0.05) is 34.1 Å². The lowest BCUT2D eigenvalue weighted by molar-refractivity contribution is -0.0784. The summed E-state index contributed by atoms with van der Waals surface area (Å²) in [6, 6.07) is 8.33. The van der Waals surface area contributed by atoms with Gasteiger partial charge in [-0.25, -0.2) is 0 Å². The van der Waals surface area contributed by atoms with Crippen LogP contribution in [0.15, 0.2) is 28.7 Å². The summed E-state index contributed by atoms with van der Waals surface area (Å²) in [7, 11) is 1.80. The molecule has 13 heavy (non-hydrogen) atoms. The highest BCUT2D eigenvalue weighted by Crippen LogP contribution is 2.46. The van der Waals surface area contributed by atoms with Crippen molar-refractivity contribution in [3.63, 3.8) is 0 Å². The van der Waals surface area contributed by atoms with Crippen LogP contribution in [0.2, 0.25) is 0 Å². The topological polar surface area (TPSA) is 9.23 Å². The second-order valence-electron chi connectivity index (χ2n) is 3.53. The molecule has 1 aliphatic rings. The van der Waals surface area contributed by atoms with Gasteiger partial charge >= 0.3 is 0 Å². The van der Waals surface area contributed by atoms with E-state index in [0.29, 0.717) is 0 Å². The number of hydrogen-bond donors (Lipinski definition) is 0. The Labute approximate surface area is 87.2 Å². The minimum absolute atomic E-state index is 0.0000926. The van der Waals surface area contributed by atoms with E-state index >= 15 is 0 Å². The van der Waals surface area contributed by atoms with Gasteiger partial charge in [0.25, 0.3) is 0 Å². The minimum atomic E-state index is 0.0000926. The highest BCUT2D eigenvalue weighted by Gasteiger charge is 2.39.